The number of aromatic nitrogens is 1. The van der Waals surface area contributed by atoms with Crippen LogP contribution in [0.5, 0.6) is 5.88 Å². The Hall–Kier alpha value is -1.13. The van der Waals surface area contributed by atoms with Gasteiger partial charge in [0.1, 0.15) is 0 Å². The lowest BCUT2D eigenvalue weighted by molar-refractivity contribution is 0.165. The molecule has 2 heterocycles. The third kappa shape index (κ3) is 2.91. The summed E-state index contributed by atoms with van der Waals surface area (Å²) in [6, 6.07) is 3.53. The van der Waals surface area contributed by atoms with Crippen molar-refractivity contribution in [3.05, 3.63) is 23.9 Å². The van der Waals surface area contributed by atoms with Gasteiger partial charge in [0.2, 0.25) is 5.88 Å². The fourth-order valence-electron chi connectivity index (χ4n) is 1.55. The Morgan fingerprint density at radius 3 is 3.27 bits per heavy atom. The normalized spacial score (nSPS) is 20.5. The average Bonchev–Trinajstić information content (AvgIpc) is 2.79. The van der Waals surface area contributed by atoms with Crippen molar-refractivity contribution >= 4 is 0 Å². The quantitative estimate of drug-likeness (QED) is 0.803. The predicted molar refractivity (Wildman–Crippen MR) is 54.6 cm³/mol. The van der Waals surface area contributed by atoms with Crippen LogP contribution in [0.25, 0.3) is 0 Å². The highest BCUT2D eigenvalue weighted by atomic mass is 16.5. The van der Waals surface area contributed by atoms with Gasteiger partial charge in [-0.15, -0.1) is 0 Å². The van der Waals surface area contributed by atoms with Gasteiger partial charge < -0.3 is 14.6 Å². The van der Waals surface area contributed by atoms with Crippen LogP contribution in [-0.2, 0) is 11.3 Å². The molecule has 1 fully saturated rings. The van der Waals surface area contributed by atoms with Crippen LogP contribution in [-0.4, -0.2) is 29.9 Å². The van der Waals surface area contributed by atoms with Crippen molar-refractivity contribution in [3.8, 4) is 5.88 Å². The number of hydrogen-bond donors (Lipinski definition) is 1. The fourth-order valence-corrected chi connectivity index (χ4v) is 1.55. The zero-order valence-corrected chi connectivity index (χ0v) is 8.56. The van der Waals surface area contributed by atoms with Gasteiger partial charge in [0.15, 0.2) is 0 Å². The first-order valence-corrected chi connectivity index (χ1v) is 5.15. The predicted octanol–water partition coefficient (Wildman–Crippen LogP) is 0.989. The summed E-state index contributed by atoms with van der Waals surface area (Å²) in [7, 11) is 0. The van der Waals surface area contributed by atoms with Crippen LogP contribution in [0.15, 0.2) is 18.3 Å². The van der Waals surface area contributed by atoms with Crippen molar-refractivity contribution < 1.29 is 14.6 Å². The van der Waals surface area contributed by atoms with Gasteiger partial charge in [-0.2, -0.15) is 0 Å². The number of aliphatic hydroxyl groups excluding tert-OH is 1. The van der Waals surface area contributed by atoms with Gasteiger partial charge in [0.25, 0.3) is 0 Å². The maximum atomic E-state index is 8.94. The second kappa shape index (κ2) is 5.09. The summed E-state index contributed by atoms with van der Waals surface area (Å²) in [6.45, 7) is 2.27. The standard InChI is InChI=1S/C11H15NO3/c13-6-9-1-3-12-11(5-9)15-8-10-2-4-14-7-10/h1,3,5,10,13H,2,4,6-8H2. The van der Waals surface area contributed by atoms with E-state index < -0.39 is 0 Å². The van der Waals surface area contributed by atoms with Gasteiger partial charge in [-0.1, -0.05) is 0 Å². The SMILES string of the molecule is OCc1ccnc(OCC2CCOC2)c1. The van der Waals surface area contributed by atoms with Gasteiger partial charge in [-0.05, 0) is 18.1 Å². The Balaban J connectivity index is 1.86. The highest BCUT2D eigenvalue weighted by Gasteiger charge is 2.16. The second-order valence-corrected chi connectivity index (χ2v) is 3.70. The molecule has 1 N–H and O–H groups in total. The van der Waals surface area contributed by atoms with Crippen molar-refractivity contribution in [2.24, 2.45) is 5.92 Å². The first kappa shape index (κ1) is 10.4. The molecule has 1 aromatic rings. The molecule has 1 saturated heterocycles. The third-order valence-corrected chi connectivity index (χ3v) is 2.47. The molecule has 1 atom stereocenters. The van der Waals surface area contributed by atoms with E-state index in [1.165, 1.54) is 0 Å². The molecule has 82 valence electrons. The lowest BCUT2D eigenvalue weighted by atomic mass is 10.1. The second-order valence-electron chi connectivity index (χ2n) is 3.70. The third-order valence-electron chi connectivity index (χ3n) is 2.47. The van der Waals surface area contributed by atoms with Crippen molar-refractivity contribution in [2.45, 2.75) is 13.0 Å². The van der Waals surface area contributed by atoms with Crippen molar-refractivity contribution in [1.82, 2.24) is 4.98 Å². The van der Waals surface area contributed by atoms with Crippen LogP contribution in [0.1, 0.15) is 12.0 Å². The molecule has 15 heavy (non-hydrogen) atoms. The van der Waals surface area contributed by atoms with E-state index in [0.717, 1.165) is 25.2 Å². The van der Waals surface area contributed by atoms with Crippen molar-refractivity contribution in [2.75, 3.05) is 19.8 Å². The Bertz CT molecular complexity index is 310. The number of pyridine rings is 1. The van der Waals surface area contributed by atoms with Crippen LogP contribution in [0, 0.1) is 5.92 Å². The van der Waals surface area contributed by atoms with Gasteiger partial charge in [0.05, 0.1) is 19.8 Å². The van der Waals surface area contributed by atoms with Crippen molar-refractivity contribution in [1.29, 1.82) is 0 Å². The number of rotatable bonds is 4. The van der Waals surface area contributed by atoms with E-state index >= 15 is 0 Å². The van der Waals surface area contributed by atoms with E-state index in [-0.39, 0.29) is 6.61 Å². The monoisotopic (exact) mass is 209 g/mol. The van der Waals surface area contributed by atoms with Crippen LogP contribution >= 0.6 is 0 Å². The summed E-state index contributed by atoms with van der Waals surface area (Å²) >= 11 is 0. The van der Waals surface area contributed by atoms with E-state index in [0.29, 0.717) is 18.4 Å². The lowest BCUT2D eigenvalue weighted by Crippen LogP contribution is -2.12. The number of ether oxygens (including phenoxy) is 2. The molecule has 2 rings (SSSR count). The van der Waals surface area contributed by atoms with Crippen LogP contribution in [0.3, 0.4) is 0 Å². The highest BCUT2D eigenvalue weighted by Crippen LogP contribution is 2.15. The molecule has 4 nitrogen and oxygen atoms in total. The Kier molecular flexibility index (Phi) is 3.53. The summed E-state index contributed by atoms with van der Waals surface area (Å²) in [5.74, 6) is 1.05. The van der Waals surface area contributed by atoms with E-state index in [9.17, 15) is 0 Å². The maximum Gasteiger partial charge on any atom is 0.213 e. The van der Waals surface area contributed by atoms with E-state index in [2.05, 4.69) is 4.98 Å². The highest BCUT2D eigenvalue weighted by molar-refractivity contribution is 5.19. The fraction of sp³-hybridized carbons (Fsp3) is 0.545. The van der Waals surface area contributed by atoms with E-state index in [1.807, 2.05) is 0 Å². The molecule has 1 aliphatic rings. The number of aliphatic hydroxyl groups is 1. The molecule has 0 spiro atoms. The van der Waals surface area contributed by atoms with Crippen LogP contribution in [0.2, 0.25) is 0 Å². The summed E-state index contributed by atoms with van der Waals surface area (Å²) in [4.78, 5) is 4.07. The minimum absolute atomic E-state index is 0.0193. The molecule has 0 aromatic carbocycles. The molecular weight excluding hydrogens is 194 g/mol. The Morgan fingerprint density at radius 2 is 2.53 bits per heavy atom. The zero-order chi connectivity index (χ0) is 10.5. The van der Waals surface area contributed by atoms with Gasteiger partial charge in [-0.3, -0.25) is 0 Å². The molecule has 0 aliphatic carbocycles. The van der Waals surface area contributed by atoms with E-state index in [1.54, 1.807) is 18.3 Å². The maximum absolute atomic E-state index is 8.94. The van der Waals surface area contributed by atoms with Crippen molar-refractivity contribution in [3.63, 3.8) is 0 Å². The topological polar surface area (TPSA) is 51.6 Å². The van der Waals surface area contributed by atoms with Crippen LogP contribution in [0.4, 0.5) is 0 Å². The number of nitrogens with zero attached hydrogens (tertiary/aromatic N) is 1. The molecule has 0 saturated carbocycles. The van der Waals surface area contributed by atoms with E-state index in [4.69, 9.17) is 14.6 Å². The van der Waals surface area contributed by atoms with Crippen LogP contribution < -0.4 is 4.74 Å². The first-order valence-electron chi connectivity index (χ1n) is 5.15. The smallest absolute Gasteiger partial charge is 0.213 e. The molecule has 1 unspecified atom stereocenters. The van der Waals surface area contributed by atoms with Gasteiger partial charge in [-0.25, -0.2) is 4.98 Å². The lowest BCUT2D eigenvalue weighted by Gasteiger charge is -2.09. The summed E-state index contributed by atoms with van der Waals surface area (Å²) in [5.41, 5.74) is 0.822. The Morgan fingerprint density at radius 1 is 1.60 bits per heavy atom. The summed E-state index contributed by atoms with van der Waals surface area (Å²) < 4.78 is 10.8. The van der Waals surface area contributed by atoms with Gasteiger partial charge in [0, 0.05) is 24.8 Å². The molecule has 1 aromatic heterocycles. The molecular formula is C11H15NO3. The average molecular weight is 209 g/mol. The minimum atomic E-state index is 0.0193. The Labute approximate surface area is 88.9 Å². The largest absolute Gasteiger partial charge is 0.477 e. The minimum Gasteiger partial charge on any atom is -0.477 e. The summed E-state index contributed by atoms with van der Waals surface area (Å²) in [5, 5.41) is 8.94. The summed E-state index contributed by atoms with van der Waals surface area (Å²) in [6.07, 6.45) is 2.70. The molecule has 1 aliphatic heterocycles. The first-order chi connectivity index (χ1) is 7.38. The zero-order valence-electron chi connectivity index (χ0n) is 8.56. The molecule has 4 heteroatoms. The molecule has 0 amide bonds. The molecule has 0 radical (unpaired) electrons. The molecule has 0 bridgehead atoms. The number of hydrogen-bond acceptors (Lipinski definition) is 4. The van der Waals surface area contributed by atoms with Gasteiger partial charge >= 0.3 is 0 Å².